The Morgan fingerprint density at radius 2 is 1.91 bits per heavy atom. The molecule has 1 heterocycles. The lowest BCUT2D eigenvalue weighted by molar-refractivity contribution is -0.119. The third kappa shape index (κ3) is 7.21. The molecule has 134 valence electrons. The lowest BCUT2D eigenvalue weighted by Gasteiger charge is -2.39. The number of rotatable bonds is 8. The van der Waals surface area contributed by atoms with Gasteiger partial charge in [-0.1, -0.05) is 32.6 Å². The van der Waals surface area contributed by atoms with Crippen LogP contribution in [0, 0.1) is 11.8 Å². The number of carbonyl (C=O) groups excluding carboxylic acids is 1. The minimum atomic E-state index is 0.0825. The molecule has 2 N–H and O–H groups in total. The first kappa shape index (κ1) is 18.7. The Kier molecular flexibility index (Phi) is 8.38. The first-order valence-electron chi connectivity index (χ1n) is 9.87. The van der Waals surface area contributed by atoms with Crippen LogP contribution in [0.15, 0.2) is 0 Å². The Balaban J connectivity index is 1.75. The summed E-state index contributed by atoms with van der Waals surface area (Å²) in [5.74, 6) is 1.80. The normalized spacial score (nSPS) is 27.0. The number of hydrogen-bond acceptors (Lipinski definition) is 3. The second-order valence-corrected chi connectivity index (χ2v) is 7.74. The lowest BCUT2D eigenvalue weighted by atomic mass is 9.87. The number of likely N-dealkylation sites (tertiary alicyclic amines) is 1. The summed E-state index contributed by atoms with van der Waals surface area (Å²) in [4.78, 5) is 13.6. The molecule has 0 radical (unpaired) electrons. The van der Waals surface area contributed by atoms with Gasteiger partial charge in [0.15, 0.2) is 0 Å². The van der Waals surface area contributed by atoms with Crippen molar-refractivity contribution in [2.45, 2.75) is 71.3 Å². The number of amides is 1. The second kappa shape index (κ2) is 10.3. The fraction of sp³-hybridized carbons (Fsp3) is 0.947. The monoisotopic (exact) mass is 323 g/mol. The largest absolute Gasteiger partial charge is 0.355 e. The van der Waals surface area contributed by atoms with Crippen LogP contribution in [0.1, 0.15) is 65.2 Å². The Morgan fingerprint density at radius 3 is 2.61 bits per heavy atom. The van der Waals surface area contributed by atoms with Gasteiger partial charge in [-0.25, -0.2) is 0 Å². The maximum atomic E-state index is 11.1. The summed E-state index contributed by atoms with van der Waals surface area (Å²) in [5, 5.41) is 6.82. The van der Waals surface area contributed by atoms with E-state index < -0.39 is 0 Å². The van der Waals surface area contributed by atoms with Gasteiger partial charge in [0, 0.05) is 39.1 Å². The minimum absolute atomic E-state index is 0.0825. The summed E-state index contributed by atoms with van der Waals surface area (Å²) in [5.41, 5.74) is 0. The average Bonchev–Trinajstić information content (AvgIpc) is 2.54. The summed E-state index contributed by atoms with van der Waals surface area (Å²) < 4.78 is 0. The maximum Gasteiger partial charge on any atom is 0.216 e. The van der Waals surface area contributed by atoms with Crippen LogP contribution in [-0.4, -0.2) is 49.6 Å². The van der Waals surface area contributed by atoms with Crippen LogP contribution in [0.3, 0.4) is 0 Å². The molecule has 0 aromatic rings. The van der Waals surface area contributed by atoms with E-state index in [9.17, 15) is 4.79 Å². The van der Waals surface area contributed by atoms with Crippen molar-refractivity contribution in [3.8, 4) is 0 Å². The van der Waals surface area contributed by atoms with E-state index in [0.717, 1.165) is 31.5 Å². The molecule has 2 atom stereocenters. The molecule has 2 unspecified atom stereocenters. The van der Waals surface area contributed by atoms with Gasteiger partial charge >= 0.3 is 0 Å². The zero-order valence-electron chi connectivity index (χ0n) is 15.3. The van der Waals surface area contributed by atoms with E-state index in [1.165, 1.54) is 64.5 Å². The number of piperidine rings is 1. The van der Waals surface area contributed by atoms with E-state index in [1.807, 2.05) is 0 Å². The van der Waals surface area contributed by atoms with Crippen LogP contribution < -0.4 is 10.6 Å². The topological polar surface area (TPSA) is 44.4 Å². The SMILES string of the molecule is CCCC1CC(NCC2CCCCC2)CN(CCNC(C)=O)C1. The summed E-state index contributed by atoms with van der Waals surface area (Å²) in [7, 11) is 0. The Bertz CT molecular complexity index is 342. The zero-order chi connectivity index (χ0) is 16.5. The minimum Gasteiger partial charge on any atom is -0.355 e. The van der Waals surface area contributed by atoms with Crippen LogP contribution in [0.2, 0.25) is 0 Å². The van der Waals surface area contributed by atoms with Gasteiger partial charge in [0.1, 0.15) is 0 Å². The molecule has 2 fully saturated rings. The molecule has 0 aromatic carbocycles. The maximum absolute atomic E-state index is 11.1. The summed E-state index contributed by atoms with van der Waals surface area (Å²) >= 11 is 0. The highest BCUT2D eigenvalue weighted by molar-refractivity contribution is 5.72. The number of nitrogens with zero attached hydrogens (tertiary/aromatic N) is 1. The first-order valence-corrected chi connectivity index (χ1v) is 9.87. The molecule has 23 heavy (non-hydrogen) atoms. The Hall–Kier alpha value is -0.610. The van der Waals surface area contributed by atoms with Gasteiger partial charge in [-0.15, -0.1) is 0 Å². The van der Waals surface area contributed by atoms with Crippen molar-refractivity contribution in [1.29, 1.82) is 0 Å². The molecule has 1 saturated carbocycles. The van der Waals surface area contributed by atoms with Crippen LogP contribution in [-0.2, 0) is 4.79 Å². The van der Waals surface area contributed by atoms with Crippen LogP contribution in [0.4, 0.5) is 0 Å². The smallest absolute Gasteiger partial charge is 0.216 e. The van der Waals surface area contributed by atoms with Crippen molar-refractivity contribution in [1.82, 2.24) is 15.5 Å². The highest BCUT2D eigenvalue weighted by Crippen LogP contribution is 2.25. The van der Waals surface area contributed by atoms with E-state index in [0.29, 0.717) is 6.04 Å². The summed E-state index contributed by atoms with van der Waals surface area (Å²) in [6, 6.07) is 0.638. The Morgan fingerprint density at radius 1 is 1.13 bits per heavy atom. The molecule has 1 amide bonds. The molecule has 4 nitrogen and oxygen atoms in total. The third-order valence-corrected chi connectivity index (χ3v) is 5.53. The predicted molar refractivity (Wildman–Crippen MR) is 96.5 cm³/mol. The Labute approximate surface area is 142 Å². The fourth-order valence-corrected chi connectivity index (χ4v) is 4.37. The third-order valence-electron chi connectivity index (χ3n) is 5.53. The van der Waals surface area contributed by atoms with E-state index in [4.69, 9.17) is 0 Å². The van der Waals surface area contributed by atoms with Gasteiger partial charge in [-0.3, -0.25) is 9.69 Å². The number of carbonyl (C=O) groups is 1. The van der Waals surface area contributed by atoms with Crippen molar-refractivity contribution in [3.63, 3.8) is 0 Å². The van der Waals surface area contributed by atoms with E-state index in [-0.39, 0.29) is 5.91 Å². The molecule has 2 aliphatic rings. The van der Waals surface area contributed by atoms with Gasteiger partial charge in [-0.2, -0.15) is 0 Å². The molecular weight excluding hydrogens is 286 g/mol. The molecular formula is C19H37N3O. The van der Waals surface area contributed by atoms with Gasteiger partial charge in [0.05, 0.1) is 0 Å². The van der Waals surface area contributed by atoms with Crippen molar-refractivity contribution in [2.75, 3.05) is 32.7 Å². The van der Waals surface area contributed by atoms with E-state index in [2.05, 4.69) is 22.5 Å². The quantitative estimate of drug-likeness (QED) is 0.722. The molecule has 1 aliphatic carbocycles. The average molecular weight is 324 g/mol. The lowest BCUT2D eigenvalue weighted by Crippen LogP contribution is -2.51. The highest BCUT2D eigenvalue weighted by Gasteiger charge is 2.27. The fourth-order valence-electron chi connectivity index (χ4n) is 4.37. The van der Waals surface area contributed by atoms with Crippen molar-refractivity contribution >= 4 is 5.91 Å². The van der Waals surface area contributed by atoms with E-state index in [1.54, 1.807) is 6.92 Å². The summed E-state index contributed by atoms with van der Waals surface area (Å²) in [6.45, 7) is 9.22. The molecule has 4 heteroatoms. The van der Waals surface area contributed by atoms with Crippen LogP contribution in [0.5, 0.6) is 0 Å². The molecule has 1 saturated heterocycles. The molecule has 0 bridgehead atoms. The standard InChI is InChI=1S/C19H37N3O/c1-3-7-18-12-19(21-13-17-8-5-4-6-9-17)15-22(14-18)11-10-20-16(2)23/h17-19,21H,3-15H2,1-2H3,(H,20,23). The highest BCUT2D eigenvalue weighted by atomic mass is 16.1. The molecule has 2 rings (SSSR count). The molecule has 0 aromatic heterocycles. The van der Waals surface area contributed by atoms with Crippen LogP contribution in [0.25, 0.3) is 0 Å². The van der Waals surface area contributed by atoms with Gasteiger partial charge in [0.2, 0.25) is 5.91 Å². The molecule has 1 aliphatic heterocycles. The van der Waals surface area contributed by atoms with Gasteiger partial charge in [-0.05, 0) is 44.1 Å². The first-order chi connectivity index (χ1) is 11.2. The number of nitrogens with one attached hydrogen (secondary N) is 2. The van der Waals surface area contributed by atoms with Gasteiger partial charge < -0.3 is 10.6 Å². The zero-order valence-corrected chi connectivity index (χ0v) is 15.3. The van der Waals surface area contributed by atoms with Crippen molar-refractivity contribution < 1.29 is 4.79 Å². The second-order valence-electron chi connectivity index (χ2n) is 7.74. The van der Waals surface area contributed by atoms with Crippen molar-refractivity contribution in [2.24, 2.45) is 11.8 Å². The van der Waals surface area contributed by atoms with Gasteiger partial charge in [0.25, 0.3) is 0 Å². The summed E-state index contributed by atoms with van der Waals surface area (Å²) in [6.07, 6.45) is 11.1. The predicted octanol–water partition coefficient (Wildman–Crippen LogP) is 2.78. The van der Waals surface area contributed by atoms with Crippen molar-refractivity contribution in [3.05, 3.63) is 0 Å². The number of hydrogen-bond donors (Lipinski definition) is 2. The van der Waals surface area contributed by atoms with Crippen LogP contribution >= 0.6 is 0 Å². The van der Waals surface area contributed by atoms with E-state index >= 15 is 0 Å². The molecule has 0 spiro atoms.